The molecule has 0 saturated carbocycles. The fourth-order valence-corrected chi connectivity index (χ4v) is 3.64. The monoisotopic (exact) mass is 403 g/mol. The molecule has 1 unspecified atom stereocenters. The molecule has 1 aliphatic rings. The highest BCUT2D eigenvalue weighted by atomic mass is 19.4. The van der Waals surface area contributed by atoms with Gasteiger partial charge in [0.2, 0.25) is 5.91 Å². The van der Waals surface area contributed by atoms with Gasteiger partial charge in [-0.05, 0) is 36.2 Å². The Balaban J connectivity index is 1.33. The lowest BCUT2D eigenvalue weighted by Crippen LogP contribution is -2.38. The van der Waals surface area contributed by atoms with E-state index in [2.05, 4.69) is 15.4 Å². The molecule has 3 aromatic rings. The minimum atomic E-state index is -4.45. The summed E-state index contributed by atoms with van der Waals surface area (Å²) in [5.41, 5.74) is 1.63. The van der Waals surface area contributed by atoms with Gasteiger partial charge in [0.15, 0.2) is 0 Å². The molecule has 29 heavy (non-hydrogen) atoms. The Kier molecular flexibility index (Phi) is 4.89. The first kappa shape index (κ1) is 19.2. The fourth-order valence-electron chi connectivity index (χ4n) is 3.64. The molecule has 6 nitrogen and oxygen atoms in total. The lowest BCUT2D eigenvalue weighted by molar-refractivity contribution is -0.141. The number of aryl methyl sites for hydroxylation is 1. The molecule has 4 rings (SSSR count). The number of halogens is 3. The number of alkyl halides is 3. The minimum absolute atomic E-state index is 0.0492. The molecule has 0 spiro atoms. The van der Waals surface area contributed by atoms with Crippen LogP contribution >= 0.6 is 0 Å². The summed E-state index contributed by atoms with van der Waals surface area (Å²) in [6, 6.07) is 8.17. The highest BCUT2D eigenvalue weighted by Crippen LogP contribution is 2.29. The molecule has 1 N–H and O–H groups in total. The smallest absolute Gasteiger partial charge is 0.368 e. The van der Waals surface area contributed by atoms with E-state index >= 15 is 0 Å². The van der Waals surface area contributed by atoms with Crippen LogP contribution in [0.15, 0.2) is 42.7 Å². The molecule has 1 amide bonds. The number of pyridine rings is 1. The average molecular weight is 403 g/mol. The van der Waals surface area contributed by atoms with Crippen LogP contribution in [0.3, 0.4) is 0 Å². The molecular weight excluding hydrogens is 383 g/mol. The van der Waals surface area contributed by atoms with Gasteiger partial charge in [-0.25, -0.2) is 4.98 Å². The maximum Gasteiger partial charge on any atom is 0.433 e. The Hall–Kier alpha value is -3.10. The summed E-state index contributed by atoms with van der Waals surface area (Å²) in [5.74, 6) is -0.0781. The van der Waals surface area contributed by atoms with Gasteiger partial charge in [-0.3, -0.25) is 9.48 Å². The largest absolute Gasteiger partial charge is 0.433 e. The molecule has 2 aromatic heterocycles. The van der Waals surface area contributed by atoms with Gasteiger partial charge in [0.05, 0.1) is 30.0 Å². The Bertz CT molecular complexity index is 1030. The molecule has 0 aliphatic carbocycles. The van der Waals surface area contributed by atoms with Crippen LogP contribution in [0.4, 0.5) is 18.9 Å². The van der Waals surface area contributed by atoms with Crippen molar-refractivity contribution >= 4 is 22.5 Å². The van der Waals surface area contributed by atoms with Crippen LogP contribution < -0.4 is 10.2 Å². The number of carbonyl (C=O) groups excluding carboxylic acids is 1. The molecule has 0 bridgehead atoms. The van der Waals surface area contributed by atoms with Crippen LogP contribution in [0.25, 0.3) is 10.9 Å². The van der Waals surface area contributed by atoms with Crippen molar-refractivity contribution in [3.63, 3.8) is 0 Å². The van der Waals surface area contributed by atoms with E-state index in [4.69, 9.17) is 0 Å². The third-order valence-corrected chi connectivity index (χ3v) is 5.13. The summed E-state index contributed by atoms with van der Waals surface area (Å²) in [7, 11) is 1.87. The second-order valence-electron chi connectivity index (χ2n) is 7.24. The number of hydrogen-bond acceptors (Lipinski definition) is 4. The number of aromatic nitrogens is 3. The van der Waals surface area contributed by atoms with Crippen molar-refractivity contribution in [2.75, 3.05) is 18.0 Å². The first-order valence-electron chi connectivity index (χ1n) is 9.28. The van der Waals surface area contributed by atoms with Crippen LogP contribution in [-0.4, -0.2) is 39.8 Å². The van der Waals surface area contributed by atoms with Gasteiger partial charge < -0.3 is 10.2 Å². The normalized spacial score (nSPS) is 17.1. The molecule has 1 atom stereocenters. The predicted octanol–water partition coefficient (Wildman–Crippen LogP) is 2.92. The van der Waals surface area contributed by atoms with E-state index in [1.54, 1.807) is 10.9 Å². The van der Waals surface area contributed by atoms with Crippen molar-refractivity contribution in [1.82, 2.24) is 20.1 Å². The number of rotatable bonds is 4. The SMILES string of the molecule is Cn1ncc2cc(CC(=O)NC3CCN(c4ccc(C(F)(F)F)nc4)C3)ccc21. The Labute approximate surface area is 165 Å². The average Bonchev–Trinajstić information content (AvgIpc) is 3.28. The van der Waals surface area contributed by atoms with Gasteiger partial charge in [-0.1, -0.05) is 6.07 Å². The molecule has 3 heterocycles. The van der Waals surface area contributed by atoms with Gasteiger partial charge in [0.1, 0.15) is 5.69 Å². The third kappa shape index (κ3) is 4.18. The van der Waals surface area contributed by atoms with Crippen molar-refractivity contribution in [3.05, 3.63) is 54.0 Å². The predicted molar refractivity (Wildman–Crippen MR) is 102 cm³/mol. The number of nitrogens with zero attached hydrogens (tertiary/aromatic N) is 4. The van der Waals surface area contributed by atoms with E-state index in [0.29, 0.717) is 18.8 Å². The maximum absolute atomic E-state index is 12.6. The quantitative estimate of drug-likeness (QED) is 0.728. The molecule has 1 saturated heterocycles. The molecule has 152 valence electrons. The number of carbonyl (C=O) groups is 1. The molecule has 1 aliphatic heterocycles. The Morgan fingerprint density at radius 3 is 2.79 bits per heavy atom. The zero-order chi connectivity index (χ0) is 20.6. The Morgan fingerprint density at radius 2 is 2.07 bits per heavy atom. The first-order chi connectivity index (χ1) is 13.8. The van der Waals surface area contributed by atoms with E-state index in [9.17, 15) is 18.0 Å². The maximum atomic E-state index is 12.6. The van der Waals surface area contributed by atoms with Crippen LogP contribution in [0.2, 0.25) is 0 Å². The van der Waals surface area contributed by atoms with Crippen molar-refractivity contribution in [2.24, 2.45) is 7.05 Å². The van der Waals surface area contributed by atoms with E-state index < -0.39 is 11.9 Å². The number of fused-ring (bicyclic) bond motifs is 1. The van der Waals surface area contributed by atoms with Gasteiger partial charge in [0.25, 0.3) is 0 Å². The minimum Gasteiger partial charge on any atom is -0.368 e. The van der Waals surface area contributed by atoms with Crippen LogP contribution in [0.1, 0.15) is 17.7 Å². The van der Waals surface area contributed by atoms with Gasteiger partial charge in [-0.2, -0.15) is 18.3 Å². The van der Waals surface area contributed by atoms with Crippen LogP contribution in [0.5, 0.6) is 0 Å². The van der Waals surface area contributed by atoms with E-state index in [-0.39, 0.29) is 18.4 Å². The number of benzene rings is 1. The van der Waals surface area contributed by atoms with E-state index in [1.807, 2.05) is 30.1 Å². The lowest BCUT2D eigenvalue weighted by atomic mass is 10.1. The number of nitrogens with one attached hydrogen (secondary N) is 1. The summed E-state index contributed by atoms with van der Waals surface area (Å²) < 4.78 is 39.7. The zero-order valence-electron chi connectivity index (χ0n) is 15.8. The molecule has 9 heteroatoms. The molecule has 1 aromatic carbocycles. The standard InChI is InChI=1S/C20H20F3N5O/c1-27-17-4-2-13(8-14(17)10-25-27)9-19(29)26-15-6-7-28(12-15)16-3-5-18(24-11-16)20(21,22)23/h2-5,8,10-11,15H,6-7,9,12H2,1H3,(H,26,29). The third-order valence-electron chi connectivity index (χ3n) is 5.13. The Morgan fingerprint density at radius 1 is 1.24 bits per heavy atom. The second-order valence-corrected chi connectivity index (χ2v) is 7.24. The van der Waals surface area contributed by atoms with Crippen molar-refractivity contribution in [3.8, 4) is 0 Å². The summed E-state index contributed by atoms with van der Waals surface area (Å²) in [6.45, 7) is 1.19. The van der Waals surface area contributed by atoms with Gasteiger partial charge in [-0.15, -0.1) is 0 Å². The lowest BCUT2D eigenvalue weighted by Gasteiger charge is -2.19. The molecule has 0 radical (unpaired) electrons. The molecular formula is C20H20F3N5O. The van der Waals surface area contributed by atoms with Crippen molar-refractivity contribution in [2.45, 2.75) is 25.1 Å². The molecule has 1 fully saturated rings. The summed E-state index contributed by atoms with van der Waals surface area (Å²) >= 11 is 0. The summed E-state index contributed by atoms with van der Waals surface area (Å²) in [5, 5.41) is 8.20. The zero-order valence-corrected chi connectivity index (χ0v) is 15.8. The summed E-state index contributed by atoms with van der Waals surface area (Å²) in [6.07, 6.45) is -0.448. The summed E-state index contributed by atoms with van der Waals surface area (Å²) in [4.78, 5) is 17.9. The van der Waals surface area contributed by atoms with Crippen molar-refractivity contribution in [1.29, 1.82) is 0 Å². The van der Waals surface area contributed by atoms with Gasteiger partial charge >= 0.3 is 6.18 Å². The van der Waals surface area contributed by atoms with E-state index in [1.165, 1.54) is 12.3 Å². The number of hydrogen-bond donors (Lipinski definition) is 1. The second kappa shape index (κ2) is 7.38. The first-order valence-corrected chi connectivity index (χ1v) is 9.28. The van der Waals surface area contributed by atoms with Crippen molar-refractivity contribution < 1.29 is 18.0 Å². The highest BCUT2D eigenvalue weighted by Gasteiger charge is 2.32. The fraction of sp³-hybridized carbons (Fsp3) is 0.350. The topological polar surface area (TPSA) is 63.1 Å². The number of amides is 1. The van der Waals surface area contributed by atoms with Crippen LogP contribution in [-0.2, 0) is 24.4 Å². The number of anilines is 1. The van der Waals surface area contributed by atoms with Gasteiger partial charge in [0, 0.05) is 31.6 Å². The van der Waals surface area contributed by atoms with E-state index in [0.717, 1.165) is 29.0 Å². The van der Waals surface area contributed by atoms with Crippen LogP contribution in [0, 0.1) is 0 Å². The highest BCUT2D eigenvalue weighted by molar-refractivity contribution is 5.83.